The van der Waals surface area contributed by atoms with Crippen molar-refractivity contribution in [2.24, 2.45) is 0 Å². The quantitative estimate of drug-likeness (QED) is 0.673. The lowest BCUT2D eigenvalue weighted by atomic mass is 9.96. The molecule has 0 aromatic carbocycles. The first-order chi connectivity index (χ1) is 12.8. The Bertz CT molecular complexity index is 898. The summed E-state index contributed by atoms with van der Waals surface area (Å²) < 4.78 is 7.07. The van der Waals surface area contributed by atoms with E-state index >= 15 is 0 Å². The standard InChI is InChI=1S/C19H21N5O2/c1-2-26-19(25)15-6-7-16(20-13-15)23-11-8-14(9-12-23)18-22-21-17-5-3-4-10-24(17)18/h3-7,10,13-14H,2,8-9,11-12H2,1H3. The predicted octanol–water partition coefficient (Wildman–Crippen LogP) is 2.69. The van der Waals surface area contributed by atoms with Crippen LogP contribution in [0.15, 0.2) is 42.7 Å². The van der Waals surface area contributed by atoms with Crippen molar-refractivity contribution in [2.45, 2.75) is 25.7 Å². The molecule has 0 bridgehead atoms. The molecule has 1 aliphatic heterocycles. The van der Waals surface area contributed by atoms with Crippen LogP contribution < -0.4 is 4.90 Å². The van der Waals surface area contributed by atoms with Crippen molar-refractivity contribution in [3.05, 3.63) is 54.1 Å². The molecule has 0 radical (unpaired) electrons. The highest BCUT2D eigenvalue weighted by molar-refractivity contribution is 5.89. The zero-order valence-electron chi connectivity index (χ0n) is 14.7. The number of ether oxygens (including phenoxy) is 1. The van der Waals surface area contributed by atoms with Gasteiger partial charge in [-0.25, -0.2) is 9.78 Å². The van der Waals surface area contributed by atoms with Gasteiger partial charge in [-0.1, -0.05) is 6.07 Å². The Labute approximate surface area is 151 Å². The third-order valence-corrected chi connectivity index (χ3v) is 4.78. The third kappa shape index (κ3) is 3.12. The summed E-state index contributed by atoms with van der Waals surface area (Å²) in [4.78, 5) is 18.4. The number of carbonyl (C=O) groups is 1. The molecule has 0 atom stereocenters. The zero-order valence-corrected chi connectivity index (χ0v) is 14.7. The highest BCUT2D eigenvalue weighted by Gasteiger charge is 2.25. The zero-order chi connectivity index (χ0) is 17.9. The van der Waals surface area contributed by atoms with E-state index in [1.54, 1.807) is 19.2 Å². The second kappa shape index (κ2) is 7.11. The number of nitrogens with zero attached hydrogens (tertiary/aromatic N) is 5. The van der Waals surface area contributed by atoms with Crippen molar-refractivity contribution >= 4 is 17.4 Å². The van der Waals surface area contributed by atoms with Crippen molar-refractivity contribution < 1.29 is 9.53 Å². The van der Waals surface area contributed by atoms with Crippen molar-refractivity contribution in [1.29, 1.82) is 0 Å². The minimum Gasteiger partial charge on any atom is -0.462 e. The van der Waals surface area contributed by atoms with Gasteiger partial charge in [-0.3, -0.25) is 4.40 Å². The van der Waals surface area contributed by atoms with E-state index in [9.17, 15) is 4.79 Å². The second-order valence-corrected chi connectivity index (χ2v) is 6.37. The number of carbonyl (C=O) groups excluding carboxylic acids is 1. The number of piperidine rings is 1. The topological polar surface area (TPSA) is 72.6 Å². The molecule has 0 saturated carbocycles. The lowest BCUT2D eigenvalue weighted by Gasteiger charge is -2.32. The van der Waals surface area contributed by atoms with Crippen molar-refractivity contribution in [3.8, 4) is 0 Å². The van der Waals surface area contributed by atoms with Gasteiger partial charge in [0.2, 0.25) is 0 Å². The number of hydrogen-bond donors (Lipinski definition) is 0. The van der Waals surface area contributed by atoms with E-state index in [0.29, 0.717) is 18.1 Å². The molecule has 3 aromatic heterocycles. The summed E-state index contributed by atoms with van der Waals surface area (Å²) in [7, 11) is 0. The largest absolute Gasteiger partial charge is 0.462 e. The molecule has 134 valence electrons. The number of hydrogen-bond acceptors (Lipinski definition) is 6. The normalized spacial score (nSPS) is 15.3. The highest BCUT2D eigenvalue weighted by atomic mass is 16.5. The molecule has 1 aliphatic rings. The Morgan fingerprint density at radius 3 is 2.77 bits per heavy atom. The van der Waals surface area contributed by atoms with Crippen LogP contribution in [0.4, 0.5) is 5.82 Å². The first kappa shape index (κ1) is 16.5. The van der Waals surface area contributed by atoms with Crippen molar-refractivity contribution in [1.82, 2.24) is 19.6 Å². The highest BCUT2D eigenvalue weighted by Crippen LogP contribution is 2.29. The van der Waals surface area contributed by atoms with E-state index in [-0.39, 0.29) is 5.97 Å². The molecule has 3 aromatic rings. The molecule has 0 aliphatic carbocycles. The molecule has 1 fully saturated rings. The summed E-state index contributed by atoms with van der Waals surface area (Å²) in [5.41, 5.74) is 1.38. The van der Waals surface area contributed by atoms with Gasteiger partial charge >= 0.3 is 5.97 Å². The summed E-state index contributed by atoms with van der Waals surface area (Å²) in [6.45, 7) is 3.96. The summed E-state index contributed by atoms with van der Waals surface area (Å²) in [6, 6.07) is 9.62. The van der Waals surface area contributed by atoms with E-state index in [1.165, 1.54) is 0 Å². The second-order valence-electron chi connectivity index (χ2n) is 6.37. The average Bonchev–Trinajstić information content (AvgIpc) is 3.13. The van der Waals surface area contributed by atoms with E-state index in [0.717, 1.165) is 43.2 Å². The van der Waals surface area contributed by atoms with E-state index < -0.39 is 0 Å². The number of pyridine rings is 2. The van der Waals surface area contributed by atoms with Crippen LogP contribution in [0.2, 0.25) is 0 Å². The molecule has 0 unspecified atom stereocenters. The SMILES string of the molecule is CCOC(=O)c1ccc(N2CCC(c3nnc4ccccn34)CC2)nc1. The van der Waals surface area contributed by atoms with Gasteiger partial charge in [-0.05, 0) is 44.0 Å². The molecular formula is C19H21N5O2. The molecule has 1 saturated heterocycles. The first-order valence-corrected chi connectivity index (χ1v) is 8.94. The molecule has 0 amide bonds. The van der Waals surface area contributed by atoms with Gasteiger partial charge in [0.15, 0.2) is 5.65 Å². The van der Waals surface area contributed by atoms with Gasteiger partial charge in [0.25, 0.3) is 0 Å². The molecule has 0 spiro atoms. The van der Waals surface area contributed by atoms with Gasteiger partial charge < -0.3 is 9.64 Å². The first-order valence-electron chi connectivity index (χ1n) is 8.94. The fourth-order valence-electron chi connectivity index (χ4n) is 3.41. The minimum absolute atomic E-state index is 0.330. The molecular weight excluding hydrogens is 330 g/mol. The predicted molar refractivity (Wildman–Crippen MR) is 97.4 cm³/mol. The maximum absolute atomic E-state index is 11.7. The van der Waals surface area contributed by atoms with Crippen LogP contribution in [0.25, 0.3) is 5.65 Å². The molecule has 7 nitrogen and oxygen atoms in total. The minimum atomic E-state index is -0.330. The van der Waals surface area contributed by atoms with Crippen molar-refractivity contribution in [3.63, 3.8) is 0 Å². The Morgan fingerprint density at radius 2 is 2.04 bits per heavy atom. The molecule has 4 heterocycles. The molecule has 26 heavy (non-hydrogen) atoms. The number of anilines is 1. The van der Waals surface area contributed by atoms with Gasteiger partial charge in [-0.2, -0.15) is 0 Å². The lowest BCUT2D eigenvalue weighted by molar-refractivity contribution is 0.0526. The van der Waals surface area contributed by atoms with Gasteiger partial charge in [0.1, 0.15) is 11.6 Å². The number of aromatic nitrogens is 4. The Morgan fingerprint density at radius 1 is 1.19 bits per heavy atom. The number of fused-ring (bicyclic) bond motifs is 1. The Hall–Kier alpha value is -2.96. The van der Waals surface area contributed by atoms with Gasteiger partial charge in [0.05, 0.1) is 12.2 Å². The third-order valence-electron chi connectivity index (χ3n) is 4.78. The summed E-state index contributed by atoms with van der Waals surface area (Å²) >= 11 is 0. The van der Waals surface area contributed by atoms with Crippen LogP contribution in [0.5, 0.6) is 0 Å². The maximum Gasteiger partial charge on any atom is 0.339 e. The van der Waals surface area contributed by atoms with E-state index in [4.69, 9.17) is 4.74 Å². The fourth-order valence-corrected chi connectivity index (χ4v) is 3.41. The molecule has 7 heteroatoms. The van der Waals surface area contributed by atoms with Gasteiger partial charge in [-0.15, -0.1) is 10.2 Å². The van der Waals surface area contributed by atoms with Crippen LogP contribution in [-0.2, 0) is 4.74 Å². The van der Waals surface area contributed by atoms with Crippen molar-refractivity contribution in [2.75, 3.05) is 24.6 Å². The van der Waals surface area contributed by atoms with E-state index in [1.807, 2.05) is 30.5 Å². The Balaban J connectivity index is 1.43. The average molecular weight is 351 g/mol. The summed E-state index contributed by atoms with van der Waals surface area (Å²) in [5.74, 6) is 1.99. The van der Waals surface area contributed by atoms with Crippen LogP contribution in [-0.4, -0.2) is 45.2 Å². The lowest BCUT2D eigenvalue weighted by Crippen LogP contribution is -2.34. The molecule has 4 rings (SSSR count). The fraction of sp³-hybridized carbons (Fsp3) is 0.368. The smallest absolute Gasteiger partial charge is 0.339 e. The van der Waals surface area contributed by atoms with Crippen LogP contribution in [0.3, 0.4) is 0 Å². The summed E-state index contributed by atoms with van der Waals surface area (Å²) in [5, 5.41) is 8.65. The molecule has 0 N–H and O–H groups in total. The maximum atomic E-state index is 11.7. The summed E-state index contributed by atoms with van der Waals surface area (Å²) in [6.07, 6.45) is 5.60. The number of esters is 1. The van der Waals surface area contributed by atoms with E-state index in [2.05, 4.69) is 24.5 Å². The van der Waals surface area contributed by atoms with Gasteiger partial charge in [0, 0.05) is 31.4 Å². The van der Waals surface area contributed by atoms with Crippen LogP contribution in [0.1, 0.15) is 41.9 Å². The van der Waals surface area contributed by atoms with Crippen LogP contribution in [0, 0.1) is 0 Å². The monoisotopic (exact) mass is 351 g/mol. The number of rotatable bonds is 4. The Kier molecular flexibility index (Phi) is 4.51. The van der Waals surface area contributed by atoms with Crippen LogP contribution >= 0.6 is 0 Å².